The number of nitrogens with two attached hydrogens (primary N) is 1. The maximum atomic E-state index is 12.3. The third-order valence-electron chi connectivity index (χ3n) is 4.68. The predicted octanol–water partition coefficient (Wildman–Crippen LogP) is 3.79. The Bertz CT molecular complexity index is 1470. The molecule has 2 aromatic heterocycles. The van der Waals surface area contributed by atoms with Crippen molar-refractivity contribution in [3.8, 4) is 28.4 Å². The second-order valence-electron chi connectivity index (χ2n) is 6.79. The molecule has 0 saturated heterocycles. The standard InChI is InChI=1S/C20H17Cl2N5O4S/c1-30-14-7-4-10(8-15(14)31-2)17-16-18(23)27(11-5-6-12(21)13(22)9-11)26-19(16)25-20(24-17)32(3,28)29/h4-9H,23H2,1-3H3. The highest BCUT2D eigenvalue weighted by Gasteiger charge is 2.23. The lowest BCUT2D eigenvalue weighted by Crippen LogP contribution is -2.06. The van der Waals surface area contributed by atoms with Crippen LogP contribution in [0.5, 0.6) is 11.5 Å². The summed E-state index contributed by atoms with van der Waals surface area (Å²) in [5.74, 6) is 1.14. The minimum Gasteiger partial charge on any atom is -0.493 e. The van der Waals surface area contributed by atoms with Crippen molar-refractivity contribution in [3.05, 3.63) is 46.4 Å². The first-order chi connectivity index (χ1) is 15.1. The monoisotopic (exact) mass is 493 g/mol. The molecule has 0 aliphatic heterocycles. The first-order valence-electron chi connectivity index (χ1n) is 9.08. The quantitative estimate of drug-likeness (QED) is 0.416. The molecule has 9 nitrogen and oxygen atoms in total. The lowest BCUT2D eigenvalue weighted by molar-refractivity contribution is 0.355. The summed E-state index contributed by atoms with van der Waals surface area (Å²) >= 11 is 12.2. The van der Waals surface area contributed by atoms with Crippen LogP contribution in [-0.2, 0) is 9.84 Å². The van der Waals surface area contributed by atoms with Crippen molar-refractivity contribution in [1.82, 2.24) is 19.7 Å². The van der Waals surface area contributed by atoms with E-state index in [1.807, 2.05) is 0 Å². The summed E-state index contributed by atoms with van der Waals surface area (Å²) in [5.41, 5.74) is 7.87. The molecule has 0 aliphatic carbocycles. The van der Waals surface area contributed by atoms with Gasteiger partial charge in [0.15, 0.2) is 17.1 Å². The maximum Gasteiger partial charge on any atom is 0.249 e. The van der Waals surface area contributed by atoms with E-state index in [0.717, 1.165) is 6.26 Å². The van der Waals surface area contributed by atoms with Gasteiger partial charge in [0.2, 0.25) is 15.0 Å². The molecule has 12 heteroatoms. The molecule has 0 atom stereocenters. The number of ether oxygens (including phenoxy) is 2. The van der Waals surface area contributed by atoms with Crippen molar-refractivity contribution in [2.45, 2.75) is 5.16 Å². The van der Waals surface area contributed by atoms with Gasteiger partial charge in [0.1, 0.15) is 5.82 Å². The van der Waals surface area contributed by atoms with Crippen molar-refractivity contribution in [3.63, 3.8) is 0 Å². The fourth-order valence-corrected chi connectivity index (χ4v) is 3.97. The van der Waals surface area contributed by atoms with Gasteiger partial charge in [0.05, 0.1) is 41.0 Å². The van der Waals surface area contributed by atoms with E-state index < -0.39 is 9.84 Å². The molecule has 0 saturated carbocycles. The van der Waals surface area contributed by atoms with Gasteiger partial charge in [-0.1, -0.05) is 23.2 Å². The van der Waals surface area contributed by atoms with Crippen molar-refractivity contribution in [2.24, 2.45) is 0 Å². The second kappa shape index (κ2) is 8.12. The number of aromatic nitrogens is 4. The third kappa shape index (κ3) is 3.81. The Morgan fingerprint density at radius 3 is 2.31 bits per heavy atom. The summed E-state index contributed by atoms with van der Waals surface area (Å²) in [6, 6.07) is 9.94. The zero-order valence-electron chi connectivity index (χ0n) is 17.1. The van der Waals surface area contributed by atoms with Crippen molar-refractivity contribution in [1.29, 1.82) is 0 Å². The van der Waals surface area contributed by atoms with E-state index in [9.17, 15) is 8.42 Å². The van der Waals surface area contributed by atoms with Crippen LogP contribution in [0.1, 0.15) is 0 Å². The predicted molar refractivity (Wildman–Crippen MR) is 123 cm³/mol. The average molecular weight is 494 g/mol. The molecule has 0 amide bonds. The van der Waals surface area contributed by atoms with Gasteiger partial charge in [-0.2, -0.15) is 4.98 Å². The molecule has 0 aliphatic rings. The molecule has 32 heavy (non-hydrogen) atoms. The number of sulfone groups is 1. The Kier molecular flexibility index (Phi) is 5.61. The van der Waals surface area contributed by atoms with Crippen LogP contribution in [0.25, 0.3) is 28.0 Å². The number of nitrogens with zero attached hydrogens (tertiary/aromatic N) is 4. The smallest absolute Gasteiger partial charge is 0.249 e. The molecule has 166 valence electrons. The van der Waals surface area contributed by atoms with Crippen LogP contribution < -0.4 is 15.2 Å². The molecule has 2 N–H and O–H groups in total. The van der Waals surface area contributed by atoms with Gasteiger partial charge in [-0.25, -0.2) is 18.1 Å². The third-order valence-corrected chi connectivity index (χ3v) is 6.27. The number of hydrogen-bond donors (Lipinski definition) is 1. The Morgan fingerprint density at radius 1 is 0.969 bits per heavy atom. The van der Waals surface area contributed by atoms with Gasteiger partial charge < -0.3 is 15.2 Å². The fraction of sp³-hybridized carbons (Fsp3) is 0.150. The highest BCUT2D eigenvalue weighted by Crippen LogP contribution is 2.37. The molecule has 0 unspecified atom stereocenters. The SMILES string of the molecule is COc1ccc(-c2nc(S(C)(=O)=O)nc3nn(-c4ccc(Cl)c(Cl)c4)c(N)c23)cc1OC. The molecule has 0 radical (unpaired) electrons. The summed E-state index contributed by atoms with van der Waals surface area (Å²) in [4.78, 5) is 8.43. The van der Waals surface area contributed by atoms with Gasteiger partial charge in [-0.15, -0.1) is 5.10 Å². The summed E-state index contributed by atoms with van der Waals surface area (Å²) in [7, 11) is -0.729. The summed E-state index contributed by atoms with van der Waals surface area (Å²) in [6.45, 7) is 0. The van der Waals surface area contributed by atoms with Crippen molar-refractivity contribution >= 4 is 49.9 Å². The lowest BCUT2D eigenvalue weighted by Gasteiger charge is -2.11. The number of hydrogen-bond acceptors (Lipinski definition) is 8. The van der Waals surface area contributed by atoms with E-state index in [0.29, 0.717) is 38.2 Å². The Hall–Kier alpha value is -3.08. The Morgan fingerprint density at radius 2 is 1.69 bits per heavy atom. The van der Waals surface area contributed by atoms with E-state index in [2.05, 4.69) is 15.1 Å². The molecule has 0 fully saturated rings. The highest BCUT2D eigenvalue weighted by molar-refractivity contribution is 7.90. The molecule has 2 heterocycles. The van der Waals surface area contributed by atoms with Crippen molar-refractivity contribution < 1.29 is 17.9 Å². The van der Waals surface area contributed by atoms with Gasteiger partial charge >= 0.3 is 0 Å². The zero-order valence-corrected chi connectivity index (χ0v) is 19.5. The Balaban J connectivity index is 2.05. The highest BCUT2D eigenvalue weighted by atomic mass is 35.5. The van der Waals surface area contributed by atoms with E-state index in [1.54, 1.807) is 36.4 Å². The molecular formula is C20H17Cl2N5O4S. The van der Waals surface area contributed by atoms with Gasteiger partial charge in [-0.3, -0.25) is 0 Å². The molecule has 0 bridgehead atoms. The number of halogens is 2. The number of anilines is 1. The van der Waals surface area contributed by atoms with E-state index in [1.165, 1.54) is 18.9 Å². The van der Waals surface area contributed by atoms with Gasteiger partial charge in [0.25, 0.3) is 0 Å². The Labute approximate surface area is 193 Å². The number of rotatable bonds is 5. The zero-order chi connectivity index (χ0) is 23.2. The molecule has 2 aromatic carbocycles. The first kappa shape index (κ1) is 22.1. The summed E-state index contributed by atoms with van der Waals surface area (Å²) in [5, 5.41) is 5.08. The molecule has 4 rings (SSSR count). The largest absolute Gasteiger partial charge is 0.493 e. The second-order valence-corrected chi connectivity index (χ2v) is 9.51. The molecular weight excluding hydrogens is 477 g/mol. The number of methoxy groups -OCH3 is 2. The minimum atomic E-state index is -3.74. The van der Waals surface area contributed by atoms with Crippen LogP contribution >= 0.6 is 23.2 Å². The summed E-state index contributed by atoms with van der Waals surface area (Å²) < 4.78 is 36.6. The number of benzene rings is 2. The van der Waals surface area contributed by atoms with Crippen LogP contribution in [0, 0.1) is 0 Å². The first-order valence-corrected chi connectivity index (χ1v) is 11.7. The van der Waals surface area contributed by atoms with Crippen LogP contribution in [0.15, 0.2) is 41.6 Å². The molecule has 0 spiro atoms. The number of fused-ring (bicyclic) bond motifs is 1. The van der Waals surface area contributed by atoms with Crippen LogP contribution in [0.2, 0.25) is 10.0 Å². The van der Waals surface area contributed by atoms with Crippen LogP contribution in [-0.4, -0.2) is 48.6 Å². The lowest BCUT2D eigenvalue weighted by atomic mass is 10.1. The number of nitrogen functional groups attached to an aromatic ring is 1. The van der Waals surface area contributed by atoms with E-state index >= 15 is 0 Å². The van der Waals surface area contributed by atoms with E-state index in [-0.39, 0.29) is 22.3 Å². The van der Waals surface area contributed by atoms with Gasteiger partial charge in [0, 0.05) is 11.8 Å². The molecule has 4 aromatic rings. The normalized spacial score (nSPS) is 11.7. The fourth-order valence-electron chi connectivity index (χ4n) is 3.16. The maximum absolute atomic E-state index is 12.3. The van der Waals surface area contributed by atoms with Gasteiger partial charge in [-0.05, 0) is 36.4 Å². The van der Waals surface area contributed by atoms with Crippen molar-refractivity contribution in [2.75, 3.05) is 26.2 Å². The summed E-state index contributed by atoms with van der Waals surface area (Å²) in [6.07, 6.45) is 1.02. The van der Waals surface area contributed by atoms with E-state index in [4.69, 9.17) is 38.4 Å². The van der Waals surface area contributed by atoms with Crippen LogP contribution in [0.4, 0.5) is 5.82 Å². The van der Waals surface area contributed by atoms with Crippen LogP contribution in [0.3, 0.4) is 0 Å². The topological polar surface area (TPSA) is 122 Å². The average Bonchev–Trinajstić information content (AvgIpc) is 3.10. The minimum absolute atomic E-state index is 0.105.